The molecule has 0 heterocycles. The molecule has 0 unspecified atom stereocenters. The highest BCUT2D eigenvalue weighted by atomic mass is 32.2. The van der Waals surface area contributed by atoms with E-state index < -0.39 is 0 Å². The summed E-state index contributed by atoms with van der Waals surface area (Å²) in [4.78, 5) is 4.65. The van der Waals surface area contributed by atoms with Gasteiger partial charge in [0.2, 0.25) is 0 Å². The maximum Gasteiger partial charge on any atom is 0.119 e. The summed E-state index contributed by atoms with van der Waals surface area (Å²) >= 11 is 1.65. The number of ether oxygens (including phenoxy) is 1. The van der Waals surface area contributed by atoms with Crippen LogP contribution in [0.3, 0.4) is 0 Å². The molecule has 92 valence electrons. The van der Waals surface area contributed by atoms with Crippen LogP contribution in [0.5, 0.6) is 5.75 Å². The van der Waals surface area contributed by atoms with Crippen LogP contribution < -0.4 is 4.74 Å². The molecule has 3 heteroatoms. The second-order valence-corrected chi connectivity index (χ2v) is 4.48. The molecule has 0 atom stereocenters. The number of methoxy groups -OCH3 is 1. The first-order chi connectivity index (χ1) is 8.83. The molecular weight excluding hydrogens is 242 g/mol. The van der Waals surface area contributed by atoms with Crippen LogP contribution in [0.25, 0.3) is 0 Å². The van der Waals surface area contributed by atoms with Gasteiger partial charge < -0.3 is 4.74 Å². The van der Waals surface area contributed by atoms with Gasteiger partial charge in [-0.3, -0.25) is 0 Å². The second-order valence-electron chi connectivity index (χ2n) is 3.69. The summed E-state index contributed by atoms with van der Waals surface area (Å²) in [6.07, 6.45) is 2.04. The van der Waals surface area contributed by atoms with Crippen molar-refractivity contribution >= 4 is 22.5 Å². The van der Waals surface area contributed by atoms with Crippen molar-refractivity contribution in [1.29, 1.82) is 0 Å². The van der Waals surface area contributed by atoms with Gasteiger partial charge >= 0.3 is 0 Å². The Morgan fingerprint density at radius 2 is 1.67 bits per heavy atom. The average molecular weight is 257 g/mol. The summed E-state index contributed by atoms with van der Waals surface area (Å²) in [6, 6.07) is 17.9. The molecule has 0 aliphatic carbocycles. The molecule has 0 radical (unpaired) electrons. The van der Waals surface area contributed by atoms with Gasteiger partial charge in [0.1, 0.15) is 10.8 Å². The summed E-state index contributed by atoms with van der Waals surface area (Å²) in [5, 5.41) is 1.01. The van der Waals surface area contributed by atoms with E-state index in [1.54, 1.807) is 18.9 Å². The van der Waals surface area contributed by atoms with Gasteiger partial charge in [0.15, 0.2) is 0 Å². The van der Waals surface area contributed by atoms with Crippen molar-refractivity contribution < 1.29 is 4.74 Å². The Labute approximate surface area is 112 Å². The van der Waals surface area contributed by atoms with E-state index in [1.807, 2.05) is 48.7 Å². The monoisotopic (exact) mass is 257 g/mol. The summed E-state index contributed by atoms with van der Waals surface area (Å²) < 4.78 is 5.13. The Kier molecular flexibility index (Phi) is 4.42. The molecule has 0 N–H and O–H groups in total. The van der Waals surface area contributed by atoms with E-state index >= 15 is 0 Å². The lowest BCUT2D eigenvalue weighted by atomic mass is 10.2. The van der Waals surface area contributed by atoms with Gasteiger partial charge in [-0.2, -0.15) is 0 Å². The lowest BCUT2D eigenvalue weighted by Crippen LogP contribution is -1.93. The molecule has 0 fully saturated rings. The summed E-state index contributed by atoms with van der Waals surface area (Å²) in [6.45, 7) is 0. The van der Waals surface area contributed by atoms with Crippen molar-refractivity contribution in [2.75, 3.05) is 13.4 Å². The molecule has 2 rings (SSSR count). The molecule has 0 saturated carbocycles. The van der Waals surface area contributed by atoms with Gasteiger partial charge in [-0.15, -0.1) is 11.8 Å². The van der Waals surface area contributed by atoms with Gasteiger partial charge in [0.05, 0.1) is 12.8 Å². The van der Waals surface area contributed by atoms with Gasteiger partial charge in [-0.05, 0) is 30.5 Å². The third kappa shape index (κ3) is 3.14. The van der Waals surface area contributed by atoms with E-state index in [1.165, 1.54) is 0 Å². The fourth-order valence-electron chi connectivity index (χ4n) is 1.58. The molecule has 18 heavy (non-hydrogen) atoms. The minimum atomic E-state index is 0.847. The molecule has 0 spiro atoms. The molecule has 0 amide bonds. The summed E-state index contributed by atoms with van der Waals surface area (Å²) in [5.74, 6) is 0.847. The zero-order valence-corrected chi connectivity index (χ0v) is 11.3. The summed E-state index contributed by atoms with van der Waals surface area (Å²) in [5.41, 5.74) is 2.07. The van der Waals surface area contributed by atoms with Crippen LogP contribution in [-0.4, -0.2) is 18.4 Å². The molecule has 0 aromatic heterocycles. The first-order valence-electron chi connectivity index (χ1n) is 5.65. The normalized spacial score (nSPS) is 11.3. The van der Waals surface area contributed by atoms with E-state index in [2.05, 4.69) is 17.1 Å². The van der Waals surface area contributed by atoms with Crippen LogP contribution in [0.15, 0.2) is 59.6 Å². The maximum absolute atomic E-state index is 5.13. The van der Waals surface area contributed by atoms with Crippen LogP contribution in [0.4, 0.5) is 5.69 Å². The number of hydrogen-bond acceptors (Lipinski definition) is 3. The van der Waals surface area contributed by atoms with Crippen LogP contribution in [-0.2, 0) is 0 Å². The summed E-state index contributed by atoms with van der Waals surface area (Å²) in [7, 11) is 1.66. The van der Waals surface area contributed by atoms with Crippen molar-refractivity contribution in [3.63, 3.8) is 0 Å². The third-order valence-electron chi connectivity index (χ3n) is 2.52. The lowest BCUT2D eigenvalue weighted by molar-refractivity contribution is 0.415. The Balaban J connectivity index is 2.29. The van der Waals surface area contributed by atoms with Crippen molar-refractivity contribution in [3.8, 4) is 5.75 Å². The highest BCUT2D eigenvalue weighted by Crippen LogP contribution is 2.21. The third-order valence-corrected chi connectivity index (χ3v) is 3.23. The predicted octanol–water partition coefficient (Wildman–Crippen LogP) is 4.14. The number of rotatable bonds is 3. The van der Waals surface area contributed by atoms with E-state index in [-0.39, 0.29) is 0 Å². The van der Waals surface area contributed by atoms with E-state index in [9.17, 15) is 0 Å². The number of benzene rings is 2. The van der Waals surface area contributed by atoms with Gasteiger partial charge in [0, 0.05) is 5.56 Å². The highest BCUT2D eigenvalue weighted by Gasteiger charge is 2.01. The van der Waals surface area contributed by atoms with E-state index in [0.29, 0.717) is 0 Å². The molecule has 0 aliphatic rings. The van der Waals surface area contributed by atoms with Crippen LogP contribution in [0, 0.1) is 0 Å². The number of hydrogen-bond donors (Lipinski definition) is 0. The largest absolute Gasteiger partial charge is 0.497 e. The van der Waals surface area contributed by atoms with Crippen molar-refractivity contribution in [1.82, 2.24) is 0 Å². The Morgan fingerprint density at radius 1 is 1.00 bits per heavy atom. The average Bonchev–Trinajstić information content (AvgIpc) is 2.46. The first-order valence-corrected chi connectivity index (χ1v) is 6.88. The first kappa shape index (κ1) is 12.7. The van der Waals surface area contributed by atoms with Crippen molar-refractivity contribution in [2.24, 2.45) is 4.99 Å². The molecule has 2 aromatic carbocycles. The van der Waals surface area contributed by atoms with Crippen LogP contribution in [0.2, 0.25) is 0 Å². The van der Waals surface area contributed by atoms with Crippen molar-refractivity contribution in [3.05, 3.63) is 60.2 Å². The molecule has 0 bridgehead atoms. The molecule has 2 nitrogen and oxygen atoms in total. The van der Waals surface area contributed by atoms with Crippen LogP contribution >= 0.6 is 11.8 Å². The maximum atomic E-state index is 5.13. The van der Waals surface area contributed by atoms with Crippen LogP contribution in [0.1, 0.15) is 5.56 Å². The molecule has 0 saturated heterocycles. The minimum Gasteiger partial charge on any atom is -0.497 e. The topological polar surface area (TPSA) is 21.6 Å². The Hall–Kier alpha value is -1.74. The predicted molar refractivity (Wildman–Crippen MR) is 79.1 cm³/mol. The van der Waals surface area contributed by atoms with Gasteiger partial charge in [0.25, 0.3) is 0 Å². The SMILES string of the molecule is COc1ccc(N=C(SC)c2ccccc2)cc1. The fraction of sp³-hybridized carbons (Fsp3) is 0.133. The molecule has 0 aliphatic heterocycles. The minimum absolute atomic E-state index is 0.847. The fourth-order valence-corrected chi connectivity index (χ4v) is 2.15. The van der Waals surface area contributed by atoms with Gasteiger partial charge in [-0.25, -0.2) is 4.99 Å². The van der Waals surface area contributed by atoms with E-state index in [4.69, 9.17) is 4.74 Å². The molecular formula is C15H15NOS. The quantitative estimate of drug-likeness (QED) is 0.609. The van der Waals surface area contributed by atoms with E-state index in [0.717, 1.165) is 22.0 Å². The number of thioether (sulfide) groups is 1. The smallest absolute Gasteiger partial charge is 0.119 e. The number of aliphatic imine (C=N–C) groups is 1. The van der Waals surface area contributed by atoms with Crippen molar-refractivity contribution in [2.45, 2.75) is 0 Å². The zero-order chi connectivity index (χ0) is 12.8. The second kappa shape index (κ2) is 6.26. The van der Waals surface area contributed by atoms with Gasteiger partial charge in [-0.1, -0.05) is 30.3 Å². The standard InChI is InChI=1S/C15H15NOS/c1-17-14-10-8-13(9-11-14)16-15(18-2)12-6-4-3-5-7-12/h3-11H,1-2H3. The molecule has 2 aromatic rings. The Morgan fingerprint density at radius 3 is 2.22 bits per heavy atom. The highest BCUT2D eigenvalue weighted by molar-refractivity contribution is 8.13. The zero-order valence-electron chi connectivity index (χ0n) is 10.5. The Bertz CT molecular complexity index is 520. The lowest BCUT2D eigenvalue weighted by Gasteiger charge is -2.04. The number of nitrogens with zero attached hydrogens (tertiary/aromatic N) is 1.